The van der Waals surface area contributed by atoms with Gasteiger partial charge >= 0.3 is 0 Å². The summed E-state index contributed by atoms with van der Waals surface area (Å²) in [5.74, 6) is 2.48. The van der Waals surface area contributed by atoms with E-state index >= 15 is 0 Å². The van der Waals surface area contributed by atoms with Crippen molar-refractivity contribution in [1.82, 2.24) is 10.6 Å². The van der Waals surface area contributed by atoms with Gasteiger partial charge in [0.1, 0.15) is 0 Å². The average molecular weight is 404 g/mol. The van der Waals surface area contributed by atoms with Crippen molar-refractivity contribution >= 4 is 5.96 Å². The third kappa shape index (κ3) is 6.01. The van der Waals surface area contributed by atoms with Crippen molar-refractivity contribution in [3.8, 4) is 11.5 Å². The van der Waals surface area contributed by atoms with Crippen LogP contribution in [0.3, 0.4) is 0 Å². The molecule has 162 valence electrons. The third-order valence-corrected chi connectivity index (χ3v) is 6.39. The summed E-state index contributed by atoms with van der Waals surface area (Å²) in [6, 6.07) is 6.15. The monoisotopic (exact) mass is 403 g/mol. The molecule has 0 spiro atoms. The summed E-state index contributed by atoms with van der Waals surface area (Å²) in [7, 11) is 5.29. The fourth-order valence-corrected chi connectivity index (χ4v) is 4.30. The maximum absolute atomic E-state index is 6.21. The van der Waals surface area contributed by atoms with E-state index in [4.69, 9.17) is 14.2 Å². The zero-order chi connectivity index (χ0) is 20.5. The van der Waals surface area contributed by atoms with Gasteiger partial charge in [-0.25, -0.2) is 0 Å². The largest absolute Gasteiger partial charge is 0.493 e. The molecule has 0 radical (unpaired) electrons. The summed E-state index contributed by atoms with van der Waals surface area (Å²) >= 11 is 0. The van der Waals surface area contributed by atoms with Gasteiger partial charge in [-0.2, -0.15) is 0 Å². The molecule has 3 rings (SSSR count). The zero-order valence-corrected chi connectivity index (χ0v) is 18.3. The van der Waals surface area contributed by atoms with Crippen LogP contribution in [0.25, 0.3) is 0 Å². The van der Waals surface area contributed by atoms with Crippen LogP contribution in [0.4, 0.5) is 0 Å². The number of methoxy groups -OCH3 is 2. The zero-order valence-electron chi connectivity index (χ0n) is 18.3. The lowest BCUT2D eigenvalue weighted by atomic mass is 9.67. The summed E-state index contributed by atoms with van der Waals surface area (Å²) in [5, 5.41) is 6.95. The van der Waals surface area contributed by atoms with Crippen LogP contribution in [-0.4, -0.2) is 46.5 Å². The molecule has 29 heavy (non-hydrogen) atoms. The second kappa shape index (κ2) is 10.7. The van der Waals surface area contributed by atoms with E-state index < -0.39 is 0 Å². The molecule has 0 atom stereocenters. The molecule has 0 heterocycles. The Morgan fingerprint density at radius 2 is 1.90 bits per heavy atom. The smallest absolute Gasteiger partial charge is 0.191 e. The Hall–Kier alpha value is -1.95. The molecule has 0 aromatic heterocycles. The highest BCUT2D eigenvalue weighted by Crippen LogP contribution is 2.43. The Morgan fingerprint density at radius 1 is 1.10 bits per heavy atom. The van der Waals surface area contributed by atoms with Crippen molar-refractivity contribution in [2.24, 2.45) is 10.4 Å². The number of rotatable bonds is 10. The van der Waals surface area contributed by atoms with E-state index in [1.54, 1.807) is 14.2 Å². The van der Waals surface area contributed by atoms with Gasteiger partial charge in [0.25, 0.3) is 0 Å². The van der Waals surface area contributed by atoms with Crippen molar-refractivity contribution in [3.05, 3.63) is 23.8 Å². The van der Waals surface area contributed by atoms with Gasteiger partial charge in [-0.15, -0.1) is 0 Å². The molecule has 0 amide bonds. The first-order valence-corrected chi connectivity index (χ1v) is 10.9. The molecule has 2 N–H and O–H groups in total. The Kier molecular flexibility index (Phi) is 8.04. The van der Waals surface area contributed by atoms with E-state index in [0.29, 0.717) is 18.1 Å². The predicted octanol–water partition coefficient (Wildman–Crippen LogP) is 3.89. The number of benzene rings is 1. The van der Waals surface area contributed by atoms with Crippen molar-refractivity contribution < 1.29 is 14.2 Å². The molecule has 2 aliphatic carbocycles. The van der Waals surface area contributed by atoms with Crippen molar-refractivity contribution in [1.29, 1.82) is 0 Å². The van der Waals surface area contributed by atoms with Crippen LogP contribution in [0.1, 0.15) is 56.9 Å². The van der Waals surface area contributed by atoms with Gasteiger partial charge in [-0.3, -0.25) is 4.99 Å². The first-order valence-electron chi connectivity index (χ1n) is 10.9. The number of nitrogens with zero attached hydrogens (tertiary/aromatic N) is 1. The van der Waals surface area contributed by atoms with Gasteiger partial charge in [0.05, 0.1) is 13.2 Å². The van der Waals surface area contributed by atoms with E-state index in [2.05, 4.69) is 27.8 Å². The maximum Gasteiger partial charge on any atom is 0.191 e. The molecule has 0 aliphatic heterocycles. The molecule has 2 saturated carbocycles. The first kappa shape index (κ1) is 21.8. The lowest BCUT2D eigenvalue weighted by Crippen LogP contribution is -2.46. The predicted molar refractivity (Wildman–Crippen MR) is 117 cm³/mol. The molecule has 6 nitrogen and oxygen atoms in total. The molecule has 2 aliphatic rings. The minimum Gasteiger partial charge on any atom is -0.493 e. The van der Waals surface area contributed by atoms with Crippen LogP contribution >= 0.6 is 0 Å². The van der Waals surface area contributed by atoms with Gasteiger partial charge in [0, 0.05) is 33.9 Å². The molecule has 0 unspecified atom stereocenters. The molecule has 6 heteroatoms. The first-order chi connectivity index (χ1) is 14.2. The van der Waals surface area contributed by atoms with E-state index in [0.717, 1.165) is 55.4 Å². The van der Waals surface area contributed by atoms with Crippen LogP contribution < -0.4 is 20.1 Å². The molecule has 0 bridgehead atoms. The van der Waals surface area contributed by atoms with E-state index in [-0.39, 0.29) is 0 Å². The third-order valence-electron chi connectivity index (χ3n) is 6.39. The number of ether oxygens (including phenoxy) is 3. The Labute approximate surface area is 175 Å². The Bertz CT molecular complexity index is 667. The minimum atomic E-state index is 0.312. The van der Waals surface area contributed by atoms with Crippen LogP contribution in [0.15, 0.2) is 23.2 Å². The van der Waals surface area contributed by atoms with Crippen molar-refractivity contribution in [3.63, 3.8) is 0 Å². The van der Waals surface area contributed by atoms with E-state index in [1.807, 2.05) is 13.1 Å². The fraction of sp³-hybridized carbons (Fsp3) is 0.696. The lowest BCUT2D eigenvalue weighted by Gasteiger charge is -2.42. The van der Waals surface area contributed by atoms with Crippen LogP contribution in [0, 0.1) is 5.41 Å². The van der Waals surface area contributed by atoms with Gasteiger partial charge in [0.15, 0.2) is 17.5 Å². The van der Waals surface area contributed by atoms with Crippen LogP contribution in [0.5, 0.6) is 11.5 Å². The van der Waals surface area contributed by atoms with Gasteiger partial charge < -0.3 is 24.8 Å². The van der Waals surface area contributed by atoms with E-state index in [9.17, 15) is 0 Å². The fourth-order valence-electron chi connectivity index (χ4n) is 4.30. The Balaban J connectivity index is 1.53. The molecular weight excluding hydrogens is 366 g/mol. The van der Waals surface area contributed by atoms with Gasteiger partial charge in [-0.05, 0) is 68.1 Å². The number of hydrogen-bond acceptors (Lipinski definition) is 4. The quantitative estimate of drug-likeness (QED) is 0.458. The van der Waals surface area contributed by atoms with Crippen LogP contribution in [-0.2, 0) is 11.3 Å². The summed E-state index contributed by atoms with van der Waals surface area (Å²) in [6.45, 7) is 2.45. The van der Waals surface area contributed by atoms with Crippen molar-refractivity contribution in [2.45, 2.75) is 64.0 Å². The highest BCUT2D eigenvalue weighted by molar-refractivity contribution is 5.79. The molecule has 1 aromatic rings. The summed E-state index contributed by atoms with van der Waals surface area (Å²) < 4.78 is 17.0. The molecule has 1 aromatic carbocycles. The van der Waals surface area contributed by atoms with Gasteiger partial charge in [0.2, 0.25) is 0 Å². The minimum absolute atomic E-state index is 0.312. The highest BCUT2D eigenvalue weighted by Gasteiger charge is 2.36. The lowest BCUT2D eigenvalue weighted by molar-refractivity contribution is 0.0732. The standard InChI is InChI=1S/C23H37N3O3/c1-24-22(26-17-23(11-6-12-23)13-14-27-2)25-16-18-9-10-20(28-3)21(15-18)29-19-7-4-5-8-19/h9-10,15,19H,4-8,11-14,16-17H2,1-3H3,(H2,24,25,26). The molecule has 2 fully saturated rings. The normalized spacial score (nSPS) is 18.9. The second-order valence-electron chi connectivity index (χ2n) is 8.39. The summed E-state index contributed by atoms with van der Waals surface area (Å²) in [5.41, 5.74) is 1.51. The molecular formula is C23H37N3O3. The van der Waals surface area contributed by atoms with Crippen LogP contribution in [0.2, 0.25) is 0 Å². The topological polar surface area (TPSA) is 64.1 Å². The maximum atomic E-state index is 6.21. The summed E-state index contributed by atoms with van der Waals surface area (Å²) in [4.78, 5) is 4.39. The van der Waals surface area contributed by atoms with Gasteiger partial charge in [-0.1, -0.05) is 12.5 Å². The average Bonchev–Trinajstić information content (AvgIpc) is 3.22. The Morgan fingerprint density at radius 3 is 2.52 bits per heavy atom. The second-order valence-corrected chi connectivity index (χ2v) is 8.39. The highest BCUT2D eigenvalue weighted by atomic mass is 16.5. The number of guanidine groups is 1. The number of nitrogens with one attached hydrogen (secondary N) is 2. The number of aliphatic imine (C=N–C) groups is 1. The SMILES string of the molecule is CN=C(NCc1ccc(OC)c(OC2CCCC2)c1)NCC1(CCOC)CCC1. The van der Waals surface area contributed by atoms with Crippen molar-refractivity contribution in [2.75, 3.05) is 34.4 Å². The summed E-state index contributed by atoms with van der Waals surface area (Å²) in [6.07, 6.45) is 10.0. The van der Waals surface area contributed by atoms with E-state index in [1.165, 1.54) is 32.1 Å². The number of hydrogen-bond donors (Lipinski definition) is 2. The molecule has 0 saturated heterocycles.